The van der Waals surface area contributed by atoms with E-state index < -0.39 is 0 Å². The summed E-state index contributed by atoms with van der Waals surface area (Å²) in [6.07, 6.45) is 1.68. The van der Waals surface area contributed by atoms with E-state index >= 15 is 0 Å². The summed E-state index contributed by atoms with van der Waals surface area (Å²) in [5.41, 5.74) is 1.98. The summed E-state index contributed by atoms with van der Waals surface area (Å²) in [7, 11) is 1.90. The minimum Gasteiger partial charge on any atom is -0.464 e. The number of fused-ring (bicyclic) bond motifs is 1. The molecule has 2 atom stereocenters. The highest BCUT2D eigenvalue weighted by Gasteiger charge is 2.17. The van der Waals surface area contributed by atoms with Gasteiger partial charge in [-0.1, -0.05) is 12.1 Å². The van der Waals surface area contributed by atoms with Crippen LogP contribution < -0.4 is 5.32 Å². The Morgan fingerprint density at radius 3 is 2.88 bits per heavy atom. The van der Waals surface area contributed by atoms with Crippen LogP contribution >= 0.6 is 0 Å². The fourth-order valence-electron chi connectivity index (χ4n) is 1.96. The molecule has 2 N–H and O–H groups in total. The third-order valence-electron chi connectivity index (χ3n) is 3.16. The summed E-state index contributed by atoms with van der Waals surface area (Å²) in [4.78, 5) is 0. The summed E-state index contributed by atoms with van der Waals surface area (Å²) in [5.74, 6) is 0.0968. The fourth-order valence-corrected chi connectivity index (χ4v) is 1.96. The number of hydrogen-bond donors (Lipinski definition) is 2. The van der Waals surface area contributed by atoms with E-state index in [0.717, 1.165) is 16.5 Å². The van der Waals surface area contributed by atoms with Gasteiger partial charge in [-0.25, -0.2) is 0 Å². The summed E-state index contributed by atoms with van der Waals surface area (Å²) in [6, 6.07) is 8.25. The van der Waals surface area contributed by atoms with Crippen LogP contribution in [0.1, 0.15) is 18.4 Å². The van der Waals surface area contributed by atoms with Crippen LogP contribution in [0.5, 0.6) is 0 Å². The van der Waals surface area contributed by atoms with Crippen LogP contribution in [-0.2, 0) is 0 Å². The first kappa shape index (κ1) is 11.2. The van der Waals surface area contributed by atoms with Crippen molar-refractivity contribution < 1.29 is 9.52 Å². The Morgan fingerprint density at radius 1 is 1.38 bits per heavy atom. The van der Waals surface area contributed by atoms with Gasteiger partial charge >= 0.3 is 0 Å². The number of benzene rings is 1. The number of aliphatic hydroxyl groups excluding tert-OH is 1. The molecule has 0 aliphatic rings. The lowest BCUT2D eigenvalue weighted by atomic mass is 9.93. The van der Waals surface area contributed by atoms with Crippen molar-refractivity contribution in [3.05, 3.63) is 36.1 Å². The standard InChI is InChI=1S/C13H17NO2/c1-9(14-2)12(8-15)11-4-3-10-5-6-16-13(10)7-11/h3-7,9,12,14-15H,8H2,1-2H3/t9-,12+/m0/s1. The van der Waals surface area contributed by atoms with E-state index in [2.05, 4.69) is 12.2 Å². The molecule has 2 rings (SSSR count). The molecule has 0 saturated carbocycles. The normalized spacial score (nSPS) is 15.2. The molecule has 1 aromatic carbocycles. The van der Waals surface area contributed by atoms with Crippen LogP contribution in [0.3, 0.4) is 0 Å². The van der Waals surface area contributed by atoms with E-state index in [4.69, 9.17) is 4.42 Å². The first-order valence-electron chi connectivity index (χ1n) is 5.51. The molecule has 0 aliphatic carbocycles. The summed E-state index contributed by atoms with van der Waals surface area (Å²) >= 11 is 0. The molecule has 1 aromatic heterocycles. The van der Waals surface area contributed by atoms with Crippen LogP contribution in [0.25, 0.3) is 11.0 Å². The van der Waals surface area contributed by atoms with Gasteiger partial charge in [0, 0.05) is 17.3 Å². The maximum Gasteiger partial charge on any atom is 0.134 e. The Morgan fingerprint density at radius 2 is 2.19 bits per heavy atom. The van der Waals surface area contributed by atoms with E-state index in [1.54, 1.807) is 6.26 Å². The monoisotopic (exact) mass is 219 g/mol. The molecule has 16 heavy (non-hydrogen) atoms. The predicted octanol–water partition coefficient (Wildman–Crippen LogP) is 2.12. The Labute approximate surface area is 95.1 Å². The maximum atomic E-state index is 9.43. The average Bonchev–Trinajstić information content (AvgIpc) is 2.77. The van der Waals surface area contributed by atoms with Crippen molar-refractivity contribution in [3.8, 4) is 0 Å². The molecule has 0 radical (unpaired) electrons. The zero-order chi connectivity index (χ0) is 11.5. The molecule has 86 valence electrons. The lowest BCUT2D eigenvalue weighted by Gasteiger charge is -2.21. The third-order valence-corrected chi connectivity index (χ3v) is 3.16. The number of rotatable bonds is 4. The van der Waals surface area contributed by atoms with Crippen LogP contribution in [0.4, 0.5) is 0 Å². The van der Waals surface area contributed by atoms with E-state index in [1.807, 2.05) is 31.3 Å². The van der Waals surface area contributed by atoms with Crippen molar-refractivity contribution >= 4 is 11.0 Å². The van der Waals surface area contributed by atoms with Gasteiger partial charge in [0.05, 0.1) is 12.9 Å². The predicted molar refractivity (Wildman–Crippen MR) is 64.6 cm³/mol. The van der Waals surface area contributed by atoms with Crippen LogP contribution in [0.15, 0.2) is 34.9 Å². The topological polar surface area (TPSA) is 45.4 Å². The molecule has 3 nitrogen and oxygen atoms in total. The summed E-state index contributed by atoms with van der Waals surface area (Å²) in [6.45, 7) is 2.20. The van der Waals surface area contributed by atoms with Gasteiger partial charge in [0.15, 0.2) is 0 Å². The average molecular weight is 219 g/mol. The highest BCUT2D eigenvalue weighted by Crippen LogP contribution is 2.24. The van der Waals surface area contributed by atoms with Crippen LogP contribution in [0, 0.1) is 0 Å². The molecule has 2 aromatic rings. The first-order chi connectivity index (χ1) is 7.76. The second kappa shape index (κ2) is 4.68. The van der Waals surface area contributed by atoms with Gasteiger partial charge in [0.25, 0.3) is 0 Å². The van der Waals surface area contributed by atoms with Gasteiger partial charge in [-0.3, -0.25) is 0 Å². The molecular formula is C13H17NO2. The Kier molecular flexibility index (Phi) is 3.27. The lowest BCUT2D eigenvalue weighted by Crippen LogP contribution is -2.30. The largest absolute Gasteiger partial charge is 0.464 e. The quantitative estimate of drug-likeness (QED) is 0.828. The number of likely N-dealkylation sites (N-methyl/N-ethyl adjacent to an activating group) is 1. The van der Waals surface area contributed by atoms with Crippen molar-refractivity contribution in [3.63, 3.8) is 0 Å². The smallest absolute Gasteiger partial charge is 0.134 e. The Hall–Kier alpha value is -1.32. The van der Waals surface area contributed by atoms with Gasteiger partial charge in [0.1, 0.15) is 5.58 Å². The molecule has 0 aliphatic heterocycles. The molecule has 0 saturated heterocycles. The molecule has 3 heteroatoms. The van der Waals surface area contributed by atoms with Gasteiger partial charge in [0.2, 0.25) is 0 Å². The van der Waals surface area contributed by atoms with E-state index in [1.165, 1.54) is 0 Å². The fraction of sp³-hybridized carbons (Fsp3) is 0.385. The van der Waals surface area contributed by atoms with Gasteiger partial charge in [-0.2, -0.15) is 0 Å². The van der Waals surface area contributed by atoms with Crippen molar-refractivity contribution in [2.75, 3.05) is 13.7 Å². The van der Waals surface area contributed by atoms with Crippen molar-refractivity contribution in [1.82, 2.24) is 5.32 Å². The van der Waals surface area contributed by atoms with E-state index in [0.29, 0.717) is 0 Å². The molecule has 0 unspecified atom stereocenters. The second-order valence-corrected chi connectivity index (χ2v) is 4.08. The van der Waals surface area contributed by atoms with Crippen molar-refractivity contribution in [2.24, 2.45) is 0 Å². The van der Waals surface area contributed by atoms with Gasteiger partial charge in [-0.05, 0) is 31.7 Å². The summed E-state index contributed by atoms with van der Waals surface area (Å²) in [5, 5.41) is 13.7. The van der Waals surface area contributed by atoms with Crippen LogP contribution in [-0.4, -0.2) is 24.8 Å². The Bertz CT molecular complexity index is 464. The Balaban J connectivity index is 2.36. The minimum absolute atomic E-state index is 0.0968. The van der Waals surface area contributed by atoms with E-state index in [-0.39, 0.29) is 18.6 Å². The number of hydrogen-bond acceptors (Lipinski definition) is 3. The molecule has 0 amide bonds. The molecule has 1 heterocycles. The summed E-state index contributed by atoms with van der Waals surface area (Å²) < 4.78 is 5.36. The molecular weight excluding hydrogens is 202 g/mol. The highest BCUT2D eigenvalue weighted by molar-refractivity contribution is 5.77. The number of furan rings is 1. The van der Waals surface area contributed by atoms with Crippen LogP contribution in [0.2, 0.25) is 0 Å². The van der Waals surface area contributed by atoms with Crippen molar-refractivity contribution in [1.29, 1.82) is 0 Å². The zero-order valence-electron chi connectivity index (χ0n) is 9.60. The van der Waals surface area contributed by atoms with Crippen molar-refractivity contribution in [2.45, 2.75) is 18.9 Å². The zero-order valence-corrected chi connectivity index (χ0v) is 9.60. The number of aliphatic hydroxyl groups is 1. The minimum atomic E-state index is 0.0968. The maximum absolute atomic E-state index is 9.43. The lowest BCUT2D eigenvalue weighted by molar-refractivity contribution is 0.243. The van der Waals surface area contributed by atoms with E-state index in [9.17, 15) is 5.11 Å². The second-order valence-electron chi connectivity index (χ2n) is 4.08. The third kappa shape index (κ3) is 1.96. The SMILES string of the molecule is CN[C@@H](C)[C@@H](CO)c1ccc2ccoc2c1. The molecule has 0 fully saturated rings. The van der Waals surface area contributed by atoms with Gasteiger partial charge in [-0.15, -0.1) is 0 Å². The number of nitrogens with one attached hydrogen (secondary N) is 1. The molecule has 0 spiro atoms. The van der Waals surface area contributed by atoms with Gasteiger partial charge < -0.3 is 14.8 Å². The highest BCUT2D eigenvalue weighted by atomic mass is 16.3. The molecule has 0 bridgehead atoms. The first-order valence-corrected chi connectivity index (χ1v) is 5.51.